The van der Waals surface area contributed by atoms with E-state index in [1.165, 1.54) is 30.4 Å². The van der Waals surface area contributed by atoms with Crippen molar-refractivity contribution >= 4 is 11.6 Å². The van der Waals surface area contributed by atoms with Gasteiger partial charge in [0.15, 0.2) is 5.96 Å². The highest BCUT2D eigenvalue weighted by Crippen LogP contribution is 2.23. The zero-order valence-corrected chi connectivity index (χ0v) is 20.2. The quantitative estimate of drug-likeness (QED) is 0.418. The number of hydrogen-bond donors (Lipinski definition) is 2. The van der Waals surface area contributed by atoms with Crippen LogP contribution < -0.4 is 15.8 Å². The lowest BCUT2D eigenvalue weighted by Crippen LogP contribution is -2.47. The van der Waals surface area contributed by atoms with Crippen LogP contribution in [0.25, 0.3) is 0 Å². The summed E-state index contributed by atoms with van der Waals surface area (Å²) in [5, 5.41) is 3.60. The maximum absolute atomic E-state index is 6.01. The third-order valence-corrected chi connectivity index (χ3v) is 6.35. The number of hydrogen-bond acceptors (Lipinski definition) is 3. The number of nitrogens with zero attached hydrogens (tertiary/aromatic N) is 2. The van der Waals surface area contributed by atoms with Gasteiger partial charge in [0, 0.05) is 24.8 Å². The molecule has 0 radical (unpaired) electrons. The second kappa shape index (κ2) is 11.4. The lowest BCUT2D eigenvalue weighted by Gasteiger charge is -2.38. The molecule has 1 unspecified atom stereocenters. The number of likely N-dealkylation sites (tertiary alicyclic amines) is 1. The summed E-state index contributed by atoms with van der Waals surface area (Å²) in [4.78, 5) is 7.47. The Balaban J connectivity index is 1.70. The van der Waals surface area contributed by atoms with Gasteiger partial charge in [0.2, 0.25) is 0 Å². The van der Waals surface area contributed by atoms with Crippen molar-refractivity contribution in [3.05, 3.63) is 59.7 Å². The molecular weight excluding hydrogens is 396 g/mol. The Morgan fingerprint density at radius 2 is 1.91 bits per heavy atom. The number of benzene rings is 2. The van der Waals surface area contributed by atoms with E-state index in [9.17, 15) is 0 Å². The lowest BCUT2D eigenvalue weighted by atomic mass is 9.94. The number of guanidine groups is 1. The largest absolute Gasteiger partial charge is 0.489 e. The minimum atomic E-state index is -0.0162. The van der Waals surface area contributed by atoms with Crippen LogP contribution in [0.3, 0.4) is 0 Å². The van der Waals surface area contributed by atoms with E-state index in [1.807, 2.05) is 12.1 Å². The third-order valence-electron chi connectivity index (χ3n) is 6.35. The number of nitrogens with two attached hydrogens (primary N) is 1. The average Bonchev–Trinajstić information content (AvgIpc) is 2.82. The van der Waals surface area contributed by atoms with Crippen molar-refractivity contribution in [3.8, 4) is 5.75 Å². The minimum absolute atomic E-state index is 0.0162. The van der Waals surface area contributed by atoms with Crippen LogP contribution in [0, 0.1) is 12.3 Å². The Morgan fingerprint density at radius 1 is 1.16 bits per heavy atom. The Kier molecular flexibility index (Phi) is 8.57. The molecule has 1 heterocycles. The van der Waals surface area contributed by atoms with Gasteiger partial charge in [0.25, 0.3) is 0 Å². The number of rotatable bonds is 8. The standard InChI is InChI=1S/C27H40N4O/c1-5-24-12-8-9-17-31(24)26(29-20-27(3,4)19-28)30-23-13-15-25(16-14-23)32-18-22-11-7-6-10-21(22)2/h6-7,10-11,13-16,24H,5,8-9,12,17-20,28H2,1-4H3,(H,29,30). The molecule has 0 aliphatic carbocycles. The van der Waals surface area contributed by atoms with Crippen LogP contribution in [0.4, 0.5) is 5.69 Å². The van der Waals surface area contributed by atoms with Crippen molar-refractivity contribution < 1.29 is 4.74 Å². The molecule has 0 saturated carbocycles. The molecule has 5 heteroatoms. The van der Waals surface area contributed by atoms with Crippen LogP contribution in [0.2, 0.25) is 0 Å². The van der Waals surface area contributed by atoms with E-state index in [1.54, 1.807) is 0 Å². The van der Waals surface area contributed by atoms with E-state index in [4.69, 9.17) is 15.5 Å². The fourth-order valence-corrected chi connectivity index (χ4v) is 3.96. The van der Waals surface area contributed by atoms with Crippen molar-refractivity contribution in [2.75, 3.05) is 25.0 Å². The molecule has 0 bridgehead atoms. The minimum Gasteiger partial charge on any atom is -0.489 e. The van der Waals surface area contributed by atoms with Gasteiger partial charge in [-0.2, -0.15) is 0 Å². The first kappa shape index (κ1) is 24.1. The monoisotopic (exact) mass is 436 g/mol. The van der Waals surface area contributed by atoms with Crippen molar-refractivity contribution in [2.45, 2.75) is 66.0 Å². The first-order valence-electron chi connectivity index (χ1n) is 12.0. The molecule has 1 saturated heterocycles. The predicted octanol–water partition coefficient (Wildman–Crippen LogP) is 5.59. The second-order valence-corrected chi connectivity index (χ2v) is 9.62. The molecule has 1 fully saturated rings. The molecule has 2 aromatic rings. The fraction of sp³-hybridized carbons (Fsp3) is 0.519. The molecule has 2 aromatic carbocycles. The van der Waals surface area contributed by atoms with Crippen molar-refractivity contribution in [2.24, 2.45) is 16.1 Å². The van der Waals surface area contributed by atoms with Crippen LogP contribution in [0.15, 0.2) is 53.5 Å². The van der Waals surface area contributed by atoms with Crippen molar-refractivity contribution in [1.29, 1.82) is 0 Å². The Bertz CT molecular complexity index is 875. The first-order valence-corrected chi connectivity index (χ1v) is 12.0. The maximum Gasteiger partial charge on any atom is 0.198 e. The highest BCUT2D eigenvalue weighted by molar-refractivity contribution is 5.94. The molecule has 1 aliphatic heterocycles. The zero-order chi connectivity index (χ0) is 23.0. The molecule has 1 aliphatic rings. The summed E-state index contributed by atoms with van der Waals surface area (Å²) in [6.45, 7) is 11.7. The summed E-state index contributed by atoms with van der Waals surface area (Å²) >= 11 is 0. The first-order chi connectivity index (χ1) is 15.4. The SMILES string of the molecule is CCC1CCCCN1C(=NCC(C)(C)CN)Nc1ccc(OCc2ccccc2C)cc1. The maximum atomic E-state index is 6.01. The summed E-state index contributed by atoms with van der Waals surface area (Å²) < 4.78 is 6.01. The van der Waals surface area contributed by atoms with Crippen molar-refractivity contribution in [1.82, 2.24) is 4.90 Å². The van der Waals surface area contributed by atoms with E-state index in [0.717, 1.165) is 30.4 Å². The summed E-state index contributed by atoms with van der Waals surface area (Å²) in [6, 6.07) is 17.1. The lowest BCUT2D eigenvalue weighted by molar-refractivity contribution is 0.233. The summed E-state index contributed by atoms with van der Waals surface area (Å²) in [7, 11) is 0. The molecule has 5 nitrogen and oxygen atoms in total. The number of aryl methyl sites for hydroxylation is 1. The highest BCUT2D eigenvalue weighted by atomic mass is 16.5. The second-order valence-electron chi connectivity index (χ2n) is 9.62. The Hall–Kier alpha value is -2.53. The molecule has 0 aromatic heterocycles. The van der Waals surface area contributed by atoms with Crippen LogP contribution in [0.1, 0.15) is 57.6 Å². The van der Waals surface area contributed by atoms with Gasteiger partial charge in [-0.3, -0.25) is 4.99 Å². The average molecular weight is 437 g/mol. The van der Waals surface area contributed by atoms with Gasteiger partial charge in [-0.05, 0) is 80.0 Å². The molecule has 174 valence electrons. The molecule has 32 heavy (non-hydrogen) atoms. The topological polar surface area (TPSA) is 62.9 Å². The zero-order valence-electron chi connectivity index (χ0n) is 20.2. The molecule has 3 N–H and O–H groups in total. The van der Waals surface area contributed by atoms with Gasteiger partial charge in [0.1, 0.15) is 12.4 Å². The highest BCUT2D eigenvalue weighted by Gasteiger charge is 2.25. The van der Waals surface area contributed by atoms with E-state index in [-0.39, 0.29) is 5.41 Å². The summed E-state index contributed by atoms with van der Waals surface area (Å²) in [5.74, 6) is 1.83. The molecule has 1 atom stereocenters. The third kappa shape index (κ3) is 6.73. The van der Waals surface area contributed by atoms with Gasteiger partial charge in [-0.25, -0.2) is 0 Å². The predicted molar refractivity (Wildman–Crippen MR) is 135 cm³/mol. The summed E-state index contributed by atoms with van der Waals surface area (Å²) in [6.07, 6.45) is 4.86. The number of anilines is 1. The van der Waals surface area contributed by atoms with Gasteiger partial charge >= 0.3 is 0 Å². The van der Waals surface area contributed by atoms with Gasteiger partial charge in [-0.1, -0.05) is 45.0 Å². The van der Waals surface area contributed by atoms with Crippen molar-refractivity contribution in [3.63, 3.8) is 0 Å². The number of piperidine rings is 1. The normalized spacial score (nSPS) is 17.3. The molecule has 0 spiro atoms. The van der Waals surface area contributed by atoms with Gasteiger partial charge in [0.05, 0.1) is 0 Å². The summed E-state index contributed by atoms with van der Waals surface area (Å²) in [5.41, 5.74) is 9.43. The fourth-order valence-electron chi connectivity index (χ4n) is 3.96. The van der Waals surface area contributed by atoms with E-state index in [0.29, 0.717) is 25.7 Å². The van der Waals surface area contributed by atoms with E-state index >= 15 is 0 Å². The number of nitrogens with one attached hydrogen (secondary N) is 1. The van der Waals surface area contributed by atoms with Gasteiger partial charge < -0.3 is 20.7 Å². The number of ether oxygens (including phenoxy) is 1. The molecule has 0 amide bonds. The van der Waals surface area contributed by atoms with Crippen LogP contribution in [0.5, 0.6) is 5.75 Å². The Morgan fingerprint density at radius 3 is 2.59 bits per heavy atom. The van der Waals surface area contributed by atoms with Crippen LogP contribution in [-0.2, 0) is 6.61 Å². The Labute approximate surface area is 194 Å². The van der Waals surface area contributed by atoms with E-state index < -0.39 is 0 Å². The van der Waals surface area contributed by atoms with E-state index in [2.05, 4.69) is 74.3 Å². The van der Waals surface area contributed by atoms with Gasteiger partial charge in [-0.15, -0.1) is 0 Å². The molecular formula is C27H40N4O. The molecule has 3 rings (SSSR count). The van der Waals surface area contributed by atoms with Crippen LogP contribution in [-0.4, -0.2) is 36.5 Å². The smallest absolute Gasteiger partial charge is 0.198 e. The number of aliphatic imine (C=N–C) groups is 1. The van der Waals surface area contributed by atoms with Crippen LogP contribution >= 0.6 is 0 Å².